The molecule has 2 nitrogen and oxygen atoms in total. The van der Waals surface area contributed by atoms with Crippen molar-refractivity contribution in [1.29, 1.82) is 0 Å². The molecule has 0 fully saturated rings. The van der Waals surface area contributed by atoms with E-state index in [2.05, 4.69) is 52.0 Å². The molecule has 0 saturated carbocycles. The summed E-state index contributed by atoms with van der Waals surface area (Å²) >= 11 is 0. The predicted octanol–water partition coefficient (Wildman–Crippen LogP) is 3.74. The maximum absolute atomic E-state index is 8.90. The average Bonchev–Trinajstić information content (AvgIpc) is 2.36. The van der Waals surface area contributed by atoms with Crippen molar-refractivity contribution in [2.45, 2.75) is 52.6 Å². The van der Waals surface area contributed by atoms with E-state index in [1.54, 1.807) is 0 Å². The van der Waals surface area contributed by atoms with Gasteiger partial charge in [-0.2, -0.15) is 0 Å². The van der Waals surface area contributed by atoms with Gasteiger partial charge in [-0.25, -0.2) is 0 Å². The van der Waals surface area contributed by atoms with Gasteiger partial charge >= 0.3 is 0 Å². The van der Waals surface area contributed by atoms with Crippen LogP contribution in [0, 0.1) is 12.8 Å². The van der Waals surface area contributed by atoms with Crippen molar-refractivity contribution in [3.63, 3.8) is 0 Å². The smallest absolute Gasteiger partial charge is 0.0705 e. The molecule has 0 heterocycles. The van der Waals surface area contributed by atoms with E-state index in [0.717, 1.165) is 19.3 Å². The first kappa shape index (κ1) is 16.2. The summed E-state index contributed by atoms with van der Waals surface area (Å²) < 4.78 is 5.81. The Kier molecular flexibility index (Phi) is 6.53. The van der Waals surface area contributed by atoms with Crippen molar-refractivity contribution < 1.29 is 9.84 Å². The van der Waals surface area contributed by atoms with Crippen LogP contribution >= 0.6 is 0 Å². The summed E-state index contributed by atoms with van der Waals surface area (Å²) in [5, 5.41) is 8.90. The van der Waals surface area contributed by atoms with E-state index >= 15 is 0 Å². The molecule has 0 radical (unpaired) electrons. The fraction of sp³-hybridized carbons (Fsp3) is 0.647. The van der Waals surface area contributed by atoms with E-state index in [-0.39, 0.29) is 12.2 Å². The van der Waals surface area contributed by atoms with Gasteiger partial charge in [0.05, 0.1) is 18.8 Å². The van der Waals surface area contributed by atoms with Crippen LogP contribution in [-0.2, 0) is 11.2 Å². The molecule has 0 aliphatic heterocycles. The zero-order valence-corrected chi connectivity index (χ0v) is 12.8. The second kappa shape index (κ2) is 7.66. The lowest BCUT2D eigenvalue weighted by atomic mass is 9.87. The van der Waals surface area contributed by atoms with E-state index in [0.29, 0.717) is 12.5 Å². The molecule has 19 heavy (non-hydrogen) atoms. The van der Waals surface area contributed by atoms with Gasteiger partial charge in [0.2, 0.25) is 0 Å². The zero-order chi connectivity index (χ0) is 14.3. The highest BCUT2D eigenvalue weighted by Crippen LogP contribution is 2.26. The van der Waals surface area contributed by atoms with Gasteiger partial charge < -0.3 is 9.84 Å². The first-order valence-electron chi connectivity index (χ1n) is 7.29. The molecule has 2 heteroatoms. The second-order valence-corrected chi connectivity index (χ2v) is 5.88. The van der Waals surface area contributed by atoms with Gasteiger partial charge in [0, 0.05) is 0 Å². The van der Waals surface area contributed by atoms with Crippen LogP contribution in [0.25, 0.3) is 0 Å². The van der Waals surface area contributed by atoms with E-state index < -0.39 is 0 Å². The Morgan fingerprint density at radius 1 is 1.37 bits per heavy atom. The van der Waals surface area contributed by atoms with Crippen LogP contribution in [0.1, 0.15) is 44.7 Å². The molecule has 0 saturated heterocycles. The van der Waals surface area contributed by atoms with E-state index in [1.807, 2.05) is 0 Å². The summed E-state index contributed by atoms with van der Waals surface area (Å²) in [7, 11) is 0. The molecule has 1 rings (SSSR count). The average molecular weight is 264 g/mol. The predicted molar refractivity (Wildman–Crippen MR) is 80.4 cm³/mol. The van der Waals surface area contributed by atoms with Crippen LogP contribution < -0.4 is 0 Å². The summed E-state index contributed by atoms with van der Waals surface area (Å²) in [6.45, 7) is 9.24. The number of hydrogen-bond acceptors (Lipinski definition) is 2. The fourth-order valence-electron chi connectivity index (χ4n) is 2.65. The second-order valence-electron chi connectivity index (χ2n) is 5.88. The van der Waals surface area contributed by atoms with Crippen LogP contribution in [0.3, 0.4) is 0 Å². The summed E-state index contributed by atoms with van der Waals surface area (Å²) in [5.74, 6) is 0.574. The maximum Gasteiger partial charge on any atom is 0.0705 e. The molecule has 0 spiro atoms. The monoisotopic (exact) mass is 264 g/mol. The van der Waals surface area contributed by atoms with Crippen LogP contribution in [0.2, 0.25) is 0 Å². The molecule has 108 valence electrons. The lowest BCUT2D eigenvalue weighted by molar-refractivity contribution is -0.0612. The summed E-state index contributed by atoms with van der Waals surface area (Å²) in [6, 6.07) is 8.71. The van der Waals surface area contributed by atoms with Gasteiger partial charge in [-0.1, -0.05) is 43.7 Å². The van der Waals surface area contributed by atoms with Gasteiger partial charge in [-0.15, -0.1) is 0 Å². The largest absolute Gasteiger partial charge is 0.394 e. The summed E-state index contributed by atoms with van der Waals surface area (Å²) in [5.41, 5.74) is 2.60. The van der Waals surface area contributed by atoms with Crippen molar-refractivity contribution in [3.05, 3.63) is 35.4 Å². The highest BCUT2D eigenvalue weighted by atomic mass is 16.5. The topological polar surface area (TPSA) is 29.5 Å². The molecule has 2 atom stereocenters. The standard InChI is InChI=1S/C17H28O2/c1-5-17(4,19-10-9-18)13-15(3)12-16-8-6-7-14(2)11-16/h6-8,11,15,18H,5,9-10,12-13H2,1-4H3. The van der Waals surface area contributed by atoms with Crippen molar-refractivity contribution in [1.82, 2.24) is 0 Å². The minimum Gasteiger partial charge on any atom is -0.394 e. The lowest BCUT2D eigenvalue weighted by Gasteiger charge is -2.31. The molecule has 0 bridgehead atoms. The number of aliphatic hydroxyl groups is 1. The Hall–Kier alpha value is -0.860. The van der Waals surface area contributed by atoms with Crippen molar-refractivity contribution >= 4 is 0 Å². The Bertz CT molecular complexity index is 375. The van der Waals surface area contributed by atoms with Crippen molar-refractivity contribution in [2.24, 2.45) is 5.92 Å². The Morgan fingerprint density at radius 3 is 2.68 bits per heavy atom. The van der Waals surface area contributed by atoms with Gasteiger partial charge in [0.15, 0.2) is 0 Å². The zero-order valence-electron chi connectivity index (χ0n) is 12.8. The number of rotatable bonds is 8. The van der Waals surface area contributed by atoms with Crippen LogP contribution in [0.4, 0.5) is 0 Å². The first-order valence-corrected chi connectivity index (χ1v) is 7.29. The van der Waals surface area contributed by atoms with E-state index in [9.17, 15) is 0 Å². The number of aliphatic hydroxyl groups excluding tert-OH is 1. The molecule has 1 aromatic rings. The number of aryl methyl sites for hydroxylation is 1. The van der Waals surface area contributed by atoms with Crippen LogP contribution in [0.5, 0.6) is 0 Å². The molecular formula is C17H28O2. The number of ether oxygens (including phenoxy) is 1. The fourth-order valence-corrected chi connectivity index (χ4v) is 2.65. The molecule has 0 aromatic heterocycles. The highest BCUT2D eigenvalue weighted by molar-refractivity contribution is 5.22. The van der Waals surface area contributed by atoms with Crippen LogP contribution in [-0.4, -0.2) is 23.9 Å². The Balaban J connectivity index is 2.55. The molecule has 1 N–H and O–H groups in total. The SMILES string of the molecule is CCC(C)(CC(C)Cc1cccc(C)c1)OCCO. The van der Waals surface area contributed by atoms with Gasteiger partial charge in [-0.3, -0.25) is 0 Å². The summed E-state index contributed by atoms with van der Waals surface area (Å²) in [6.07, 6.45) is 3.09. The molecule has 0 aliphatic rings. The molecule has 0 amide bonds. The van der Waals surface area contributed by atoms with Crippen molar-refractivity contribution in [3.8, 4) is 0 Å². The highest BCUT2D eigenvalue weighted by Gasteiger charge is 2.25. The maximum atomic E-state index is 8.90. The van der Waals surface area contributed by atoms with Crippen molar-refractivity contribution in [2.75, 3.05) is 13.2 Å². The van der Waals surface area contributed by atoms with E-state index in [4.69, 9.17) is 9.84 Å². The van der Waals surface area contributed by atoms with Gasteiger partial charge in [0.25, 0.3) is 0 Å². The Labute approximate surface area is 117 Å². The minimum atomic E-state index is -0.119. The molecule has 2 unspecified atom stereocenters. The first-order chi connectivity index (χ1) is 8.99. The quantitative estimate of drug-likeness (QED) is 0.775. The third-order valence-electron chi connectivity index (χ3n) is 3.74. The third kappa shape index (κ3) is 5.75. The Morgan fingerprint density at radius 2 is 2.11 bits per heavy atom. The third-order valence-corrected chi connectivity index (χ3v) is 3.74. The number of hydrogen-bond donors (Lipinski definition) is 1. The molecular weight excluding hydrogens is 236 g/mol. The molecule has 1 aromatic carbocycles. The van der Waals surface area contributed by atoms with Gasteiger partial charge in [-0.05, 0) is 44.6 Å². The normalized spacial score (nSPS) is 16.1. The molecule has 0 aliphatic carbocycles. The van der Waals surface area contributed by atoms with Gasteiger partial charge in [0.1, 0.15) is 0 Å². The lowest BCUT2D eigenvalue weighted by Crippen LogP contribution is -2.32. The van der Waals surface area contributed by atoms with Crippen LogP contribution in [0.15, 0.2) is 24.3 Å². The van der Waals surface area contributed by atoms with E-state index in [1.165, 1.54) is 11.1 Å². The summed E-state index contributed by atoms with van der Waals surface area (Å²) in [4.78, 5) is 0. The number of benzene rings is 1. The minimum absolute atomic E-state index is 0.0991.